The van der Waals surface area contributed by atoms with Gasteiger partial charge >= 0.3 is 0 Å². The number of nitrogens with zero attached hydrogens (tertiary/aromatic N) is 2. The van der Waals surface area contributed by atoms with Crippen molar-refractivity contribution in [2.75, 3.05) is 12.4 Å². The Labute approximate surface area is 118 Å². The third-order valence-corrected chi connectivity index (χ3v) is 3.65. The molecule has 1 aliphatic rings. The number of aromatic nitrogens is 1. The fourth-order valence-corrected chi connectivity index (χ4v) is 2.50. The van der Waals surface area contributed by atoms with E-state index in [4.69, 9.17) is 6.42 Å². The van der Waals surface area contributed by atoms with Crippen molar-refractivity contribution in [3.63, 3.8) is 0 Å². The highest BCUT2D eigenvalue weighted by Gasteiger charge is 2.06. The molecule has 0 atom stereocenters. The number of fused-ring (bicyclic) bond motifs is 1. The van der Waals surface area contributed by atoms with E-state index >= 15 is 0 Å². The number of hydrogen-bond acceptors (Lipinski definition) is 3. The number of para-hydroxylation sites is 1. The highest BCUT2D eigenvalue weighted by atomic mass is 32.2. The van der Waals surface area contributed by atoms with Crippen LogP contribution in [0.25, 0.3) is 10.9 Å². The topological polar surface area (TPSA) is 16.1 Å². The Kier molecular flexibility index (Phi) is 4.88. The summed E-state index contributed by atoms with van der Waals surface area (Å²) in [4.78, 5) is 7.66. The van der Waals surface area contributed by atoms with E-state index in [0.29, 0.717) is 0 Å². The van der Waals surface area contributed by atoms with Gasteiger partial charge in [0.05, 0.1) is 17.9 Å². The molecule has 96 valence electrons. The monoisotopic (exact) mass is 268 g/mol. The van der Waals surface area contributed by atoms with Crippen LogP contribution in [0.3, 0.4) is 0 Å². The molecule has 0 unspecified atom stereocenters. The minimum Gasteiger partial charge on any atom is -0.356 e. The Hall–Kier alpha value is -1.92. The predicted molar refractivity (Wildman–Crippen MR) is 83.5 cm³/mol. The molecule has 19 heavy (non-hydrogen) atoms. The molecule has 1 aliphatic heterocycles. The summed E-state index contributed by atoms with van der Waals surface area (Å²) in [5.41, 5.74) is 1.06. The minimum atomic E-state index is 0.740. The number of rotatable bonds is 1. The highest BCUT2D eigenvalue weighted by molar-refractivity contribution is 8.03. The molecule has 0 amide bonds. The molecule has 2 aromatic rings. The summed E-state index contributed by atoms with van der Waals surface area (Å²) in [5, 5.41) is 1.20. The average molecular weight is 268 g/mol. The van der Waals surface area contributed by atoms with Crippen LogP contribution in [0.1, 0.15) is 6.92 Å². The van der Waals surface area contributed by atoms with Crippen LogP contribution in [-0.4, -0.2) is 22.3 Å². The van der Waals surface area contributed by atoms with Gasteiger partial charge in [0.25, 0.3) is 0 Å². The predicted octanol–water partition coefficient (Wildman–Crippen LogP) is 3.72. The molecular formula is C16H16N2S. The van der Waals surface area contributed by atoms with Crippen LogP contribution in [0.15, 0.2) is 53.7 Å². The van der Waals surface area contributed by atoms with Crippen LogP contribution in [0.4, 0.5) is 0 Å². The normalized spacial score (nSPS) is 13.5. The van der Waals surface area contributed by atoms with Crippen molar-refractivity contribution >= 4 is 22.7 Å². The quantitative estimate of drug-likeness (QED) is 0.733. The molecule has 0 spiro atoms. The summed E-state index contributed by atoms with van der Waals surface area (Å²) in [6, 6.07) is 12.1. The lowest BCUT2D eigenvalue weighted by atomic mass is 10.2. The van der Waals surface area contributed by atoms with E-state index in [1.54, 1.807) is 0 Å². The molecule has 0 radical (unpaired) electrons. The third kappa shape index (κ3) is 4.04. The third-order valence-electron chi connectivity index (χ3n) is 2.63. The van der Waals surface area contributed by atoms with Crippen LogP contribution in [0.5, 0.6) is 0 Å². The molecule has 3 heteroatoms. The van der Waals surface area contributed by atoms with Crippen molar-refractivity contribution in [3.05, 3.63) is 53.7 Å². The van der Waals surface area contributed by atoms with Crippen molar-refractivity contribution in [2.24, 2.45) is 0 Å². The van der Waals surface area contributed by atoms with E-state index in [1.807, 2.05) is 42.2 Å². The van der Waals surface area contributed by atoms with E-state index in [-0.39, 0.29) is 0 Å². The Morgan fingerprint density at radius 1 is 1.32 bits per heavy atom. The Bertz CT molecular complexity index is 548. The summed E-state index contributed by atoms with van der Waals surface area (Å²) >= 11 is 1.84. The molecule has 0 N–H and O–H groups in total. The van der Waals surface area contributed by atoms with Crippen LogP contribution in [0, 0.1) is 12.3 Å². The maximum Gasteiger partial charge on any atom is 0.0795 e. The Morgan fingerprint density at radius 2 is 2.11 bits per heavy atom. The maximum atomic E-state index is 5.12. The summed E-state index contributed by atoms with van der Waals surface area (Å²) in [7, 11) is 0. The van der Waals surface area contributed by atoms with Crippen molar-refractivity contribution in [3.8, 4) is 12.3 Å². The van der Waals surface area contributed by atoms with Gasteiger partial charge in [0, 0.05) is 17.8 Å². The molecule has 1 aromatic heterocycles. The summed E-state index contributed by atoms with van der Waals surface area (Å²) in [6.07, 6.45) is 9.03. The van der Waals surface area contributed by atoms with Gasteiger partial charge in [-0.3, -0.25) is 4.98 Å². The van der Waals surface area contributed by atoms with Crippen LogP contribution < -0.4 is 0 Å². The second-order valence-corrected chi connectivity index (χ2v) is 5.35. The van der Waals surface area contributed by atoms with Gasteiger partial charge in [0.15, 0.2) is 0 Å². The minimum absolute atomic E-state index is 0.740. The number of benzene rings is 1. The second kappa shape index (κ2) is 6.86. The fraction of sp³-hybridized carbons (Fsp3) is 0.188. The summed E-state index contributed by atoms with van der Waals surface area (Å²) < 4.78 is 0. The van der Waals surface area contributed by atoms with E-state index in [2.05, 4.69) is 41.1 Å². The lowest BCUT2D eigenvalue weighted by Gasteiger charge is -2.07. The number of allylic oxidation sites excluding steroid dienone is 1. The van der Waals surface area contributed by atoms with Gasteiger partial charge in [-0.2, -0.15) is 0 Å². The van der Waals surface area contributed by atoms with Gasteiger partial charge in [-0.25, -0.2) is 0 Å². The molecule has 1 aromatic carbocycles. The summed E-state index contributed by atoms with van der Waals surface area (Å²) in [5.74, 6) is 3.62. The van der Waals surface area contributed by atoms with E-state index in [0.717, 1.165) is 17.9 Å². The number of pyridine rings is 1. The zero-order chi connectivity index (χ0) is 13.5. The van der Waals surface area contributed by atoms with Gasteiger partial charge in [-0.15, -0.1) is 18.2 Å². The lowest BCUT2D eigenvalue weighted by Crippen LogP contribution is -2.12. The molecule has 0 aliphatic carbocycles. The zero-order valence-electron chi connectivity index (χ0n) is 10.9. The molecule has 2 nitrogen and oxygen atoms in total. The Morgan fingerprint density at radius 3 is 2.79 bits per heavy atom. The standard InChI is InChI=1S/C9H7N.C7H9NS/c1-2-6-9-8(4-1)5-3-7-10-9;1-3-4-8-5-7(2)9-6-8/h1-7H;1,5H,4,6H2,2H3. The largest absolute Gasteiger partial charge is 0.356 e. The van der Waals surface area contributed by atoms with Gasteiger partial charge in [-0.05, 0) is 24.0 Å². The first-order valence-electron chi connectivity index (χ1n) is 6.08. The zero-order valence-corrected chi connectivity index (χ0v) is 11.7. The Balaban J connectivity index is 0.000000141. The van der Waals surface area contributed by atoms with Gasteiger partial charge < -0.3 is 4.90 Å². The second-order valence-electron chi connectivity index (χ2n) is 4.16. The first-order valence-corrected chi connectivity index (χ1v) is 7.06. The van der Waals surface area contributed by atoms with Gasteiger partial charge in [-0.1, -0.05) is 30.2 Å². The van der Waals surface area contributed by atoms with Crippen LogP contribution in [0.2, 0.25) is 0 Å². The van der Waals surface area contributed by atoms with Crippen LogP contribution in [-0.2, 0) is 0 Å². The number of thioether (sulfide) groups is 1. The molecule has 0 fully saturated rings. The number of terminal acetylenes is 1. The van der Waals surface area contributed by atoms with Gasteiger partial charge in [0.2, 0.25) is 0 Å². The first kappa shape index (κ1) is 13.5. The highest BCUT2D eigenvalue weighted by Crippen LogP contribution is 2.23. The molecule has 0 saturated heterocycles. The molecule has 0 saturated carbocycles. The SMILES string of the molecule is C#CCN1C=C(C)SC1.c1ccc2ncccc2c1. The van der Waals surface area contributed by atoms with Crippen molar-refractivity contribution < 1.29 is 0 Å². The fourth-order valence-electron chi connectivity index (χ4n) is 1.74. The van der Waals surface area contributed by atoms with Gasteiger partial charge in [0.1, 0.15) is 0 Å². The van der Waals surface area contributed by atoms with E-state index in [9.17, 15) is 0 Å². The van der Waals surface area contributed by atoms with Crippen molar-refractivity contribution in [2.45, 2.75) is 6.92 Å². The molecule has 3 rings (SSSR count). The van der Waals surface area contributed by atoms with E-state index < -0.39 is 0 Å². The molecule has 0 bridgehead atoms. The lowest BCUT2D eigenvalue weighted by molar-refractivity contribution is 0.505. The first-order chi connectivity index (χ1) is 9.29. The molecular weight excluding hydrogens is 252 g/mol. The number of hydrogen-bond donors (Lipinski definition) is 0. The maximum absolute atomic E-state index is 5.12. The molecule has 2 heterocycles. The van der Waals surface area contributed by atoms with Crippen LogP contribution >= 0.6 is 11.8 Å². The van der Waals surface area contributed by atoms with Crippen molar-refractivity contribution in [1.82, 2.24) is 9.88 Å². The van der Waals surface area contributed by atoms with E-state index in [1.165, 1.54) is 10.3 Å². The smallest absolute Gasteiger partial charge is 0.0795 e. The van der Waals surface area contributed by atoms with Crippen molar-refractivity contribution in [1.29, 1.82) is 0 Å². The average Bonchev–Trinajstić information content (AvgIpc) is 2.86. The summed E-state index contributed by atoms with van der Waals surface area (Å²) in [6.45, 7) is 2.84.